The normalized spacial score (nSPS) is 18.3. The molecule has 2 aromatic rings. The highest BCUT2D eigenvalue weighted by Crippen LogP contribution is 2.23. The van der Waals surface area contributed by atoms with Crippen molar-refractivity contribution in [1.82, 2.24) is 0 Å². The molecular formula is C25H32N2. The molecule has 0 aromatic heterocycles. The first-order chi connectivity index (χ1) is 13.3. The second-order valence-electron chi connectivity index (χ2n) is 8.26. The summed E-state index contributed by atoms with van der Waals surface area (Å²) in [5.74, 6) is 0. The Bertz CT molecular complexity index is 729. The van der Waals surface area contributed by atoms with E-state index in [9.17, 15) is 0 Å². The maximum atomic E-state index is 4.84. The van der Waals surface area contributed by atoms with Crippen LogP contribution in [0, 0.1) is 0 Å². The first kappa shape index (κ1) is 18.3. The van der Waals surface area contributed by atoms with E-state index in [1.54, 1.807) is 0 Å². The highest BCUT2D eigenvalue weighted by Gasteiger charge is 2.12. The number of benzene rings is 2. The average Bonchev–Trinajstić information content (AvgIpc) is 2.73. The molecule has 2 aromatic carbocycles. The lowest BCUT2D eigenvalue weighted by atomic mass is 9.95. The molecule has 0 amide bonds. The number of hydrogen-bond acceptors (Lipinski definition) is 2. The van der Waals surface area contributed by atoms with E-state index in [1.807, 2.05) is 0 Å². The zero-order valence-electron chi connectivity index (χ0n) is 16.4. The van der Waals surface area contributed by atoms with Crippen molar-refractivity contribution in [1.29, 1.82) is 0 Å². The van der Waals surface area contributed by atoms with Gasteiger partial charge in [-0.3, -0.25) is 4.99 Å². The summed E-state index contributed by atoms with van der Waals surface area (Å²) >= 11 is 0. The van der Waals surface area contributed by atoms with Gasteiger partial charge in [-0.05, 0) is 80.3 Å². The minimum atomic E-state index is 0.669. The molecule has 2 fully saturated rings. The first-order valence-corrected chi connectivity index (χ1v) is 10.9. The van der Waals surface area contributed by atoms with Crippen molar-refractivity contribution in [2.75, 3.05) is 5.32 Å². The van der Waals surface area contributed by atoms with Crippen LogP contribution in [0.2, 0.25) is 0 Å². The molecule has 0 aliphatic heterocycles. The maximum Gasteiger partial charge on any atom is 0.0629 e. The average molecular weight is 361 g/mol. The van der Waals surface area contributed by atoms with Gasteiger partial charge in [-0.2, -0.15) is 0 Å². The SMILES string of the molecule is c1cc(N=C2CCCCC2)ccc1Cc1ccc(NC2CCCCC2)cc1. The second kappa shape index (κ2) is 9.21. The van der Waals surface area contributed by atoms with E-state index >= 15 is 0 Å². The third-order valence-corrected chi connectivity index (χ3v) is 5.99. The van der Waals surface area contributed by atoms with E-state index in [-0.39, 0.29) is 0 Å². The number of rotatable bonds is 5. The molecule has 2 saturated carbocycles. The van der Waals surface area contributed by atoms with Crippen LogP contribution in [0.1, 0.15) is 75.3 Å². The third-order valence-electron chi connectivity index (χ3n) is 5.99. The van der Waals surface area contributed by atoms with Crippen LogP contribution in [0.25, 0.3) is 0 Å². The number of hydrogen-bond donors (Lipinski definition) is 1. The van der Waals surface area contributed by atoms with Gasteiger partial charge in [0.2, 0.25) is 0 Å². The molecule has 27 heavy (non-hydrogen) atoms. The van der Waals surface area contributed by atoms with Crippen LogP contribution in [0.5, 0.6) is 0 Å². The molecule has 0 radical (unpaired) electrons. The van der Waals surface area contributed by atoms with Gasteiger partial charge < -0.3 is 5.32 Å². The van der Waals surface area contributed by atoms with E-state index in [0.29, 0.717) is 6.04 Å². The van der Waals surface area contributed by atoms with Crippen LogP contribution in [0.4, 0.5) is 11.4 Å². The van der Waals surface area contributed by atoms with Crippen molar-refractivity contribution in [2.45, 2.75) is 76.7 Å². The quantitative estimate of drug-likeness (QED) is 0.606. The number of nitrogens with one attached hydrogen (secondary N) is 1. The van der Waals surface area contributed by atoms with Gasteiger partial charge in [0.15, 0.2) is 0 Å². The van der Waals surface area contributed by atoms with Gasteiger partial charge >= 0.3 is 0 Å². The lowest BCUT2D eigenvalue weighted by Crippen LogP contribution is -2.22. The smallest absolute Gasteiger partial charge is 0.0629 e. The van der Waals surface area contributed by atoms with Crippen molar-refractivity contribution in [3.8, 4) is 0 Å². The summed E-state index contributed by atoms with van der Waals surface area (Å²) in [5.41, 5.74) is 6.49. The number of nitrogens with zero attached hydrogens (tertiary/aromatic N) is 1. The zero-order valence-corrected chi connectivity index (χ0v) is 16.4. The van der Waals surface area contributed by atoms with Gasteiger partial charge in [-0.25, -0.2) is 0 Å². The largest absolute Gasteiger partial charge is 0.382 e. The highest BCUT2D eigenvalue weighted by molar-refractivity contribution is 5.87. The van der Waals surface area contributed by atoms with E-state index in [1.165, 1.54) is 86.7 Å². The van der Waals surface area contributed by atoms with E-state index < -0.39 is 0 Å². The maximum absolute atomic E-state index is 4.84. The zero-order chi connectivity index (χ0) is 18.3. The molecule has 0 unspecified atom stereocenters. The van der Waals surface area contributed by atoms with Crippen LogP contribution in [0.15, 0.2) is 53.5 Å². The Morgan fingerprint density at radius 3 is 1.96 bits per heavy atom. The van der Waals surface area contributed by atoms with Crippen LogP contribution >= 0.6 is 0 Å². The lowest BCUT2D eigenvalue weighted by Gasteiger charge is -2.23. The number of aliphatic imine (C=N–C) groups is 1. The molecule has 2 heteroatoms. The fraction of sp³-hybridized carbons (Fsp3) is 0.480. The predicted octanol–water partition coefficient (Wildman–Crippen LogP) is 7.06. The summed E-state index contributed by atoms with van der Waals surface area (Å²) < 4.78 is 0. The summed E-state index contributed by atoms with van der Waals surface area (Å²) in [6, 6.07) is 18.5. The third kappa shape index (κ3) is 5.45. The van der Waals surface area contributed by atoms with Crippen LogP contribution in [-0.4, -0.2) is 11.8 Å². The monoisotopic (exact) mass is 360 g/mol. The Labute approximate surface area is 164 Å². The van der Waals surface area contributed by atoms with Crippen LogP contribution in [0.3, 0.4) is 0 Å². The molecule has 0 saturated heterocycles. The molecule has 0 spiro atoms. The molecule has 142 valence electrons. The summed E-state index contributed by atoms with van der Waals surface area (Å²) in [6.07, 6.45) is 14.1. The molecule has 4 rings (SSSR count). The van der Waals surface area contributed by atoms with Crippen LogP contribution < -0.4 is 5.32 Å². The van der Waals surface area contributed by atoms with Crippen molar-refractivity contribution >= 4 is 17.1 Å². The summed E-state index contributed by atoms with van der Waals surface area (Å²) in [6.45, 7) is 0. The summed E-state index contributed by atoms with van der Waals surface area (Å²) in [4.78, 5) is 4.84. The van der Waals surface area contributed by atoms with Crippen molar-refractivity contribution < 1.29 is 0 Å². The van der Waals surface area contributed by atoms with E-state index in [2.05, 4.69) is 53.8 Å². The Hall–Kier alpha value is -2.09. The molecule has 2 nitrogen and oxygen atoms in total. The van der Waals surface area contributed by atoms with Crippen molar-refractivity contribution in [3.63, 3.8) is 0 Å². The number of anilines is 1. The Balaban J connectivity index is 1.33. The van der Waals surface area contributed by atoms with Crippen molar-refractivity contribution in [2.24, 2.45) is 4.99 Å². The Kier molecular flexibility index (Phi) is 6.24. The molecule has 0 bridgehead atoms. The lowest BCUT2D eigenvalue weighted by molar-refractivity contribution is 0.463. The van der Waals surface area contributed by atoms with Crippen LogP contribution in [-0.2, 0) is 6.42 Å². The standard InChI is InChI=1S/C25H32N2/c1-3-7-22(8-4-1)26-24-15-11-20(12-16-24)19-21-13-17-25(18-14-21)27-23-9-5-2-6-10-23/h11-18,22,26H,1-10,19H2. The molecule has 0 heterocycles. The topological polar surface area (TPSA) is 24.4 Å². The molecule has 0 atom stereocenters. The predicted molar refractivity (Wildman–Crippen MR) is 116 cm³/mol. The van der Waals surface area contributed by atoms with Gasteiger partial charge in [-0.1, -0.05) is 49.9 Å². The van der Waals surface area contributed by atoms with Gasteiger partial charge in [0.1, 0.15) is 0 Å². The molecule has 2 aliphatic rings. The molecule has 2 aliphatic carbocycles. The van der Waals surface area contributed by atoms with Gasteiger partial charge in [0.25, 0.3) is 0 Å². The van der Waals surface area contributed by atoms with E-state index in [0.717, 1.165) is 12.1 Å². The van der Waals surface area contributed by atoms with Gasteiger partial charge in [-0.15, -0.1) is 0 Å². The molecular weight excluding hydrogens is 328 g/mol. The fourth-order valence-corrected chi connectivity index (χ4v) is 4.38. The summed E-state index contributed by atoms with van der Waals surface area (Å²) in [5, 5.41) is 3.70. The fourth-order valence-electron chi connectivity index (χ4n) is 4.38. The highest BCUT2D eigenvalue weighted by atomic mass is 14.9. The van der Waals surface area contributed by atoms with Gasteiger partial charge in [0, 0.05) is 17.4 Å². The Morgan fingerprint density at radius 1 is 0.704 bits per heavy atom. The first-order valence-electron chi connectivity index (χ1n) is 10.9. The van der Waals surface area contributed by atoms with Crippen molar-refractivity contribution in [3.05, 3.63) is 59.7 Å². The molecule has 1 N–H and O–H groups in total. The minimum absolute atomic E-state index is 0.669. The summed E-state index contributed by atoms with van der Waals surface area (Å²) in [7, 11) is 0. The second-order valence-corrected chi connectivity index (χ2v) is 8.26. The minimum Gasteiger partial charge on any atom is -0.382 e. The Morgan fingerprint density at radius 2 is 1.30 bits per heavy atom. The van der Waals surface area contributed by atoms with Gasteiger partial charge in [0.05, 0.1) is 5.69 Å². The van der Waals surface area contributed by atoms with E-state index in [4.69, 9.17) is 4.99 Å².